The van der Waals surface area contributed by atoms with Crippen LogP contribution in [0.1, 0.15) is 37.8 Å². The molecule has 33 heavy (non-hydrogen) atoms. The molecule has 1 N–H and O–H groups in total. The van der Waals surface area contributed by atoms with E-state index in [4.69, 9.17) is 9.47 Å². The third kappa shape index (κ3) is 5.53. The van der Waals surface area contributed by atoms with Crippen LogP contribution in [0.3, 0.4) is 0 Å². The number of sulfonamides is 1. The van der Waals surface area contributed by atoms with Gasteiger partial charge in [0.2, 0.25) is 15.9 Å². The summed E-state index contributed by atoms with van der Waals surface area (Å²) in [5, 5.41) is 3.11. The number of nitrogens with one attached hydrogen (secondary N) is 1. The van der Waals surface area contributed by atoms with Gasteiger partial charge in [-0.3, -0.25) is 4.79 Å². The lowest BCUT2D eigenvalue weighted by molar-refractivity contribution is -0.120. The van der Waals surface area contributed by atoms with Gasteiger partial charge in [0.25, 0.3) is 0 Å². The summed E-state index contributed by atoms with van der Waals surface area (Å²) in [5.74, 6) is 0.236. The number of halogens is 1. The van der Waals surface area contributed by atoms with Crippen molar-refractivity contribution in [3.63, 3.8) is 0 Å². The monoisotopic (exact) mass is 538 g/mol. The second-order valence-corrected chi connectivity index (χ2v) is 10.9. The zero-order chi connectivity index (χ0) is 24.2. The van der Waals surface area contributed by atoms with E-state index in [2.05, 4.69) is 35.1 Å². The number of rotatable bonds is 8. The van der Waals surface area contributed by atoms with Gasteiger partial charge < -0.3 is 14.8 Å². The standard InChI is InChI=1S/C24H31BrN2O5S/c1-5-16-12-19(25)13-17(6-2)23(16)26-24(28)18-8-7-11-27(15-18)33(29,30)20-9-10-21(31-3)22(14-20)32-4/h9-10,12-14,18H,5-8,11,15H2,1-4H3,(H,26,28)/t18-/m1/s1. The Hall–Kier alpha value is -2.10. The Kier molecular flexibility index (Phi) is 8.42. The highest BCUT2D eigenvalue weighted by Gasteiger charge is 2.34. The fourth-order valence-electron chi connectivity index (χ4n) is 4.17. The summed E-state index contributed by atoms with van der Waals surface area (Å²) in [5.41, 5.74) is 2.95. The van der Waals surface area contributed by atoms with E-state index in [0.29, 0.717) is 30.9 Å². The van der Waals surface area contributed by atoms with Gasteiger partial charge in [0.1, 0.15) is 0 Å². The molecule has 3 rings (SSSR count). The van der Waals surface area contributed by atoms with Crippen LogP contribution in [-0.4, -0.2) is 45.9 Å². The molecule has 2 aromatic carbocycles. The highest BCUT2D eigenvalue weighted by atomic mass is 79.9. The molecular formula is C24H31BrN2O5S. The first-order chi connectivity index (χ1) is 15.7. The Balaban J connectivity index is 1.81. The summed E-state index contributed by atoms with van der Waals surface area (Å²) in [4.78, 5) is 13.3. The molecule has 0 unspecified atom stereocenters. The van der Waals surface area contributed by atoms with Crippen LogP contribution in [0.15, 0.2) is 39.7 Å². The number of carbonyl (C=O) groups excluding carboxylic acids is 1. The first-order valence-corrected chi connectivity index (χ1v) is 13.3. The Morgan fingerprint density at radius 3 is 2.30 bits per heavy atom. The zero-order valence-electron chi connectivity index (χ0n) is 19.5. The van der Waals surface area contributed by atoms with Crippen LogP contribution in [0.5, 0.6) is 11.5 Å². The molecule has 0 radical (unpaired) electrons. The second-order valence-electron chi connectivity index (χ2n) is 8.01. The molecule has 1 atom stereocenters. The van der Waals surface area contributed by atoms with Gasteiger partial charge in [0, 0.05) is 29.3 Å². The summed E-state index contributed by atoms with van der Waals surface area (Å²) in [6, 6.07) is 8.57. The number of hydrogen-bond acceptors (Lipinski definition) is 5. The van der Waals surface area contributed by atoms with Crippen LogP contribution < -0.4 is 14.8 Å². The molecule has 9 heteroatoms. The van der Waals surface area contributed by atoms with E-state index in [0.717, 1.165) is 34.1 Å². The highest BCUT2D eigenvalue weighted by Crippen LogP contribution is 2.33. The van der Waals surface area contributed by atoms with Crippen LogP contribution in [0.25, 0.3) is 0 Å². The molecule has 2 aromatic rings. The van der Waals surface area contributed by atoms with Crippen LogP contribution in [0.4, 0.5) is 5.69 Å². The molecule has 0 bridgehead atoms. The number of hydrogen-bond donors (Lipinski definition) is 1. The minimum atomic E-state index is -3.78. The maximum absolute atomic E-state index is 13.3. The average molecular weight is 539 g/mol. The molecule has 1 saturated heterocycles. The number of nitrogens with zero attached hydrogens (tertiary/aromatic N) is 1. The van der Waals surface area contributed by atoms with Crippen LogP contribution >= 0.6 is 15.9 Å². The summed E-state index contributed by atoms with van der Waals surface area (Å²) >= 11 is 3.54. The summed E-state index contributed by atoms with van der Waals surface area (Å²) in [7, 11) is -0.814. The van der Waals surface area contributed by atoms with E-state index in [-0.39, 0.29) is 17.3 Å². The Labute approximate surface area is 204 Å². The molecule has 7 nitrogen and oxygen atoms in total. The molecule has 0 saturated carbocycles. The number of benzene rings is 2. The van der Waals surface area contributed by atoms with Gasteiger partial charge in [0.15, 0.2) is 11.5 Å². The Morgan fingerprint density at radius 2 is 1.73 bits per heavy atom. The molecule has 0 spiro atoms. The quantitative estimate of drug-likeness (QED) is 0.529. The summed E-state index contributed by atoms with van der Waals surface area (Å²) in [6.45, 7) is 4.62. The maximum Gasteiger partial charge on any atom is 0.243 e. The largest absolute Gasteiger partial charge is 0.493 e. The SMILES string of the molecule is CCc1cc(Br)cc(CC)c1NC(=O)[C@@H]1CCCN(S(=O)(=O)c2ccc(OC)c(OC)c2)C1. The third-order valence-electron chi connectivity index (χ3n) is 6.02. The third-order valence-corrected chi connectivity index (χ3v) is 8.34. The van der Waals surface area contributed by atoms with E-state index >= 15 is 0 Å². The van der Waals surface area contributed by atoms with E-state index in [9.17, 15) is 13.2 Å². The van der Waals surface area contributed by atoms with Gasteiger partial charge >= 0.3 is 0 Å². The van der Waals surface area contributed by atoms with Crippen LogP contribution in [0, 0.1) is 5.92 Å². The lowest BCUT2D eigenvalue weighted by Gasteiger charge is -2.31. The van der Waals surface area contributed by atoms with E-state index in [1.165, 1.54) is 30.7 Å². The lowest BCUT2D eigenvalue weighted by Crippen LogP contribution is -2.43. The average Bonchev–Trinajstić information content (AvgIpc) is 2.84. The van der Waals surface area contributed by atoms with Crippen molar-refractivity contribution < 1.29 is 22.7 Å². The van der Waals surface area contributed by atoms with E-state index < -0.39 is 15.9 Å². The summed E-state index contributed by atoms with van der Waals surface area (Å²) in [6.07, 6.45) is 2.83. The first-order valence-electron chi connectivity index (χ1n) is 11.1. The summed E-state index contributed by atoms with van der Waals surface area (Å²) < 4.78 is 39.5. The van der Waals surface area contributed by atoms with Gasteiger partial charge in [0.05, 0.1) is 25.0 Å². The number of anilines is 1. The Bertz CT molecular complexity index is 1090. The van der Waals surface area contributed by atoms with Crippen molar-refractivity contribution in [1.29, 1.82) is 0 Å². The van der Waals surface area contributed by atoms with Crippen LogP contribution in [0.2, 0.25) is 0 Å². The normalized spacial score (nSPS) is 16.9. The number of carbonyl (C=O) groups is 1. The van der Waals surface area contributed by atoms with Gasteiger partial charge in [-0.1, -0.05) is 29.8 Å². The number of aryl methyl sites for hydroxylation is 2. The fourth-order valence-corrected chi connectivity index (χ4v) is 6.26. The molecule has 0 aliphatic carbocycles. The lowest BCUT2D eigenvalue weighted by atomic mass is 9.97. The zero-order valence-corrected chi connectivity index (χ0v) is 21.9. The van der Waals surface area contributed by atoms with Crippen molar-refractivity contribution >= 4 is 37.5 Å². The van der Waals surface area contributed by atoms with Crippen molar-refractivity contribution in [1.82, 2.24) is 4.31 Å². The predicted octanol–water partition coefficient (Wildman–Crippen LogP) is 4.63. The van der Waals surface area contributed by atoms with Gasteiger partial charge in [-0.25, -0.2) is 8.42 Å². The van der Waals surface area contributed by atoms with Crippen LogP contribution in [-0.2, 0) is 27.7 Å². The topological polar surface area (TPSA) is 84.9 Å². The van der Waals surface area contributed by atoms with Crippen molar-refractivity contribution in [2.45, 2.75) is 44.4 Å². The maximum atomic E-state index is 13.3. The molecule has 1 amide bonds. The second kappa shape index (κ2) is 10.9. The van der Waals surface area contributed by atoms with Crippen molar-refractivity contribution in [2.24, 2.45) is 5.92 Å². The smallest absolute Gasteiger partial charge is 0.243 e. The molecule has 1 heterocycles. The number of ether oxygens (including phenoxy) is 2. The van der Waals surface area contributed by atoms with Gasteiger partial charge in [-0.15, -0.1) is 0 Å². The van der Waals surface area contributed by atoms with Crippen molar-refractivity contribution in [3.05, 3.63) is 45.9 Å². The van der Waals surface area contributed by atoms with Gasteiger partial charge in [-0.2, -0.15) is 4.31 Å². The predicted molar refractivity (Wildman–Crippen MR) is 133 cm³/mol. The molecule has 1 fully saturated rings. The van der Waals surface area contributed by atoms with Gasteiger partial charge in [-0.05, 0) is 61.1 Å². The minimum absolute atomic E-state index is 0.121. The molecule has 180 valence electrons. The fraction of sp³-hybridized carbons (Fsp3) is 0.458. The van der Waals surface area contributed by atoms with Crippen molar-refractivity contribution in [3.8, 4) is 11.5 Å². The van der Waals surface area contributed by atoms with E-state index in [1.54, 1.807) is 6.07 Å². The first kappa shape index (κ1) is 25.5. The van der Waals surface area contributed by atoms with Crippen molar-refractivity contribution in [2.75, 3.05) is 32.6 Å². The minimum Gasteiger partial charge on any atom is -0.493 e. The number of amides is 1. The number of piperidine rings is 1. The molecule has 0 aromatic heterocycles. The number of methoxy groups -OCH3 is 2. The highest BCUT2D eigenvalue weighted by molar-refractivity contribution is 9.10. The molecular weight excluding hydrogens is 508 g/mol. The molecule has 1 aliphatic rings. The molecule has 1 aliphatic heterocycles. The van der Waals surface area contributed by atoms with E-state index in [1.807, 2.05) is 12.1 Å². The Morgan fingerprint density at radius 1 is 1.09 bits per heavy atom.